The largest absolute Gasteiger partial charge is 0.480 e. The summed E-state index contributed by atoms with van der Waals surface area (Å²) in [5.41, 5.74) is 1.84. The zero-order chi connectivity index (χ0) is 20.7. The van der Waals surface area contributed by atoms with Gasteiger partial charge in [-0.3, -0.25) is 0 Å². The molecule has 29 heavy (non-hydrogen) atoms. The molecule has 1 aromatic carbocycles. The molecule has 1 N–H and O–H groups in total. The predicted octanol–water partition coefficient (Wildman–Crippen LogP) is 4.52. The number of fused-ring (bicyclic) bond motifs is 3. The van der Waals surface area contributed by atoms with E-state index in [4.69, 9.17) is 9.84 Å². The van der Waals surface area contributed by atoms with E-state index in [1.807, 2.05) is 0 Å². The first-order valence-corrected chi connectivity index (χ1v) is 9.38. The van der Waals surface area contributed by atoms with Crippen LogP contribution in [-0.4, -0.2) is 33.7 Å². The molecule has 0 radical (unpaired) electrons. The van der Waals surface area contributed by atoms with Crippen molar-refractivity contribution in [1.82, 2.24) is 9.38 Å². The van der Waals surface area contributed by atoms with Gasteiger partial charge < -0.3 is 19.0 Å². The minimum absolute atomic E-state index is 0.00784. The van der Waals surface area contributed by atoms with Crippen molar-refractivity contribution < 1.29 is 32.5 Å². The normalized spacial score (nSPS) is 18.4. The van der Waals surface area contributed by atoms with E-state index in [0.29, 0.717) is 22.6 Å². The number of halogens is 4. The summed E-state index contributed by atoms with van der Waals surface area (Å²) in [6.45, 7) is -3.54. The van der Waals surface area contributed by atoms with Crippen LogP contribution < -0.4 is 4.74 Å². The van der Waals surface area contributed by atoms with Gasteiger partial charge in [0, 0.05) is 23.7 Å². The second kappa shape index (κ2) is 7.68. The summed E-state index contributed by atoms with van der Waals surface area (Å²) >= 11 is 3.14. The number of carbonyl (C=O) groups is 1. The van der Waals surface area contributed by atoms with E-state index in [-0.39, 0.29) is 16.6 Å². The van der Waals surface area contributed by atoms with Crippen molar-refractivity contribution >= 4 is 27.5 Å². The third-order valence-electron chi connectivity index (χ3n) is 4.73. The molecule has 0 aliphatic heterocycles. The van der Waals surface area contributed by atoms with Crippen molar-refractivity contribution in [3.63, 3.8) is 0 Å². The van der Waals surface area contributed by atoms with Gasteiger partial charge >= 0.3 is 12.6 Å². The molecule has 4 rings (SSSR count). The van der Waals surface area contributed by atoms with Gasteiger partial charge in [-0.1, -0.05) is 18.2 Å². The van der Waals surface area contributed by atoms with Gasteiger partial charge in [0.05, 0.1) is 15.9 Å². The van der Waals surface area contributed by atoms with Crippen molar-refractivity contribution in [1.29, 1.82) is 0 Å². The Balaban J connectivity index is 1.85. The van der Waals surface area contributed by atoms with Crippen LogP contribution in [0.5, 0.6) is 5.75 Å². The zero-order valence-corrected chi connectivity index (χ0v) is 16.3. The van der Waals surface area contributed by atoms with Crippen molar-refractivity contribution in [2.75, 3.05) is 6.61 Å². The smallest absolute Gasteiger partial charge is 0.387 e. The molecule has 152 valence electrons. The summed E-state index contributed by atoms with van der Waals surface area (Å²) in [4.78, 5) is 15.4. The minimum atomic E-state index is -3.00. The van der Waals surface area contributed by atoms with Crippen LogP contribution in [-0.2, 0) is 9.53 Å². The van der Waals surface area contributed by atoms with Gasteiger partial charge in [0.15, 0.2) is 0 Å². The quantitative estimate of drug-likeness (QED) is 0.573. The lowest BCUT2D eigenvalue weighted by molar-refractivity contribution is -0.144. The van der Waals surface area contributed by atoms with E-state index in [0.717, 1.165) is 0 Å². The number of ether oxygens (including phenoxy) is 2. The maximum atomic E-state index is 14.0. The van der Waals surface area contributed by atoms with Crippen LogP contribution in [0, 0.1) is 5.82 Å². The lowest BCUT2D eigenvalue weighted by Crippen LogP contribution is -2.11. The number of aliphatic carboxylic acids is 1. The number of hydrogen-bond acceptors (Lipinski definition) is 4. The summed E-state index contributed by atoms with van der Waals surface area (Å²) in [5, 5.41) is 8.95. The fourth-order valence-corrected chi connectivity index (χ4v) is 3.98. The van der Waals surface area contributed by atoms with Gasteiger partial charge in [0.2, 0.25) is 0 Å². The molecule has 2 heterocycles. The number of para-hydroxylation sites is 1. The molecule has 0 fully saturated rings. The number of pyridine rings is 1. The van der Waals surface area contributed by atoms with Gasteiger partial charge in [0.25, 0.3) is 0 Å². The Hall–Kier alpha value is -2.59. The highest BCUT2D eigenvalue weighted by atomic mass is 79.9. The van der Waals surface area contributed by atoms with Crippen LogP contribution in [0.1, 0.15) is 35.4 Å². The van der Waals surface area contributed by atoms with Gasteiger partial charge in [-0.25, -0.2) is 14.2 Å². The molecule has 0 amide bonds. The van der Waals surface area contributed by atoms with E-state index in [9.17, 15) is 18.0 Å². The lowest BCUT2D eigenvalue weighted by Gasteiger charge is -2.18. The topological polar surface area (TPSA) is 73.1 Å². The maximum Gasteiger partial charge on any atom is 0.387 e. The molecule has 1 unspecified atom stereocenters. The van der Waals surface area contributed by atoms with Crippen LogP contribution in [0.4, 0.5) is 13.2 Å². The molecule has 0 saturated heterocycles. The van der Waals surface area contributed by atoms with Crippen molar-refractivity contribution in [2.45, 2.75) is 25.1 Å². The second-order valence-electron chi connectivity index (χ2n) is 6.48. The van der Waals surface area contributed by atoms with Crippen molar-refractivity contribution in [2.24, 2.45) is 0 Å². The number of rotatable bonds is 6. The molecule has 1 aliphatic carbocycles. The number of carboxylic acid groups (broad SMARTS) is 1. The molecule has 0 spiro atoms. The highest BCUT2D eigenvalue weighted by Crippen LogP contribution is 2.48. The van der Waals surface area contributed by atoms with Crippen LogP contribution >= 0.6 is 15.9 Å². The number of benzene rings is 1. The van der Waals surface area contributed by atoms with Gasteiger partial charge in [-0.2, -0.15) is 8.78 Å². The maximum absolute atomic E-state index is 14.0. The van der Waals surface area contributed by atoms with Gasteiger partial charge in [-0.05, 0) is 28.4 Å². The summed E-state index contributed by atoms with van der Waals surface area (Å²) in [7, 11) is 0. The molecule has 2 atom stereocenters. The van der Waals surface area contributed by atoms with Gasteiger partial charge in [-0.15, -0.1) is 0 Å². The Kier molecular flexibility index (Phi) is 5.22. The molecule has 10 heteroatoms. The first-order valence-electron chi connectivity index (χ1n) is 8.59. The molecule has 0 saturated carbocycles. The van der Waals surface area contributed by atoms with Gasteiger partial charge in [0.1, 0.15) is 29.9 Å². The van der Waals surface area contributed by atoms with E-state index in [1.54, 1.807) is 22.6 Å². The van der Waals surface area contributed by atoms with Crippen molar-refractivity contribution in [3.05, 3.63) is 63.8 Å². The van der Waals surface area contributed by atoms with Crippen LogP contribution in [0.3, 0.4) is 0 Å². The zero-order valence-electron chi connectivity index (χ0n) is 14.7. The summed E-state index contributed by atoms with van der Waals surface area (Å²) < 4.78 is 51.8. The highest BCUT2D eigenvalue weighted by molar-refractivity contribution is 9.10. The average molecular weight is 471 g/mol. The average Bonchev–Trinajstić information content (AvgIpc) is 3.18. The molecular weight excluding hydrogens is 457 g/mol. The number of nitrogens with zero attached hydrogens (tertiary/aromatic N) is 2. The Morgan fingerprint density at radius 2 is 2.14 bits per heavy atom. The molecule has 3 aromatic rings. The van der Waals surface area contributed by atoms with E-state index in [1.165, 1.54) is 18.3 Å². The Labute approximate surface area is 171 Å². The Bertz CT molecular complexity index is 1090. The second-order valence-corrected chi connectivity index (χ2v) is 7.33. The number of alkyl halides is 2. The lowest BCUT2D eigenvalue weighted by atomic mass is 9.95. The standard InChI is InChI=1S/C19H14BrF3N2O4/c20-11-7-25-15(6-12(11)21)24-17-14(28-8-16(26)27)5-10(18(17)25)9-3-1-2-4-13(9)29-19(22)23/h1-4,6-7,10,14,19H,5,8H2,(H,26,27)/t10-,14?/m1/s1. The van der Waals surface area contributed by atoms with Crippen LogP contribution in [0.15, 0.2) is 41.0 Å². The van der Waals surface area contributed by atoms with Crippen molar-refractivity contribution in [3.8, 4) is 5.75 Å². The fourth-order valence-electron chi connectivity index (χ4n) is 3.66. The van der Waals surface area contributed by atoms with E-state index >= 15 is 0 Å². The third-order valence-corrected chi connectivity index (χ3v) is 5.32. The number of aromatic nitrogens is 2. The van der Waals surface area contributed by atoms with Crippen LogP contribution in [0.2, 0.25) is 0 Å². The van der Waals surface area contributed by atoms with E-state index in [2.05, 4.69) is 25.7 Å². The van der Waals surface area contributed by atoms with E-state index < -0.39 is 37.0 Å². The highest BCUT2D eigenvalue weighted by Gasteiger charge is 2.39. The summed E-state index contributed by atoms with van der Waals surface area (Å²) in [5.74, 6) is -2.12. The molecule has 1 aliphatic rings. The summed E-state index contributed by atoms with van der Waals surface area (Å²) in [6.07, 6.45) is 1.10. The molecule has 2 aromatic heterocycles. The minimum Gasteiger partial charge on any atom is -0.480 e. The molecule has 6 nitrogen and oxygen atoms in total. The molecule has 0 bridgehead atoms. The molecular formula is C19H14BrF3N2O4. The first kappa shape index (κ1) is 19.7. The fraction of sp³-hybridized carbons (Fsp3) is 0.263. The third kappa shape index (κ3) is 3.69. The SMILES string of the molecule is O=C(O)COC1C[C@H](c2ccccc2OC(F)F)c2c1nc1cc(F)c(Br)cn21. The number of hydrogen-bond donors (Lipinski definition) is 1. The van der Waals surface area contributed by atoms with Crippen LogP contribution in [0.25, 0.3) is 5.65 Å². The Morgan fingerprint density at radius 1 is 1.38 bits per heavy atom. The number of carboxylic acids is 1. The predicted molar refractivity (Wildman–Crippen MR) is 98.7 cm³/mol. The number of imidazole rings is 1. The monoisotopic (exact) mass is 470 g/mol. The Morgan fingerprint density at radius 3 is 2.86 bits per heavy atom. The summed E-state index contributed by atoms with van der Waals surface area (Å²) in [6, 6.07) is 7.60. The first-order chi connectivity index (χ1) is 13.8.